The van der Waals surface area contributed by atoms with Crippen molar-refractivity contribution in [3.63, 3.8) is 0 Å². The third-order valence-corrected chi connectivity index (χ3v) is 2.56. The maximum atomic E-state index is 13.5. The molecular weight excluding hydrogens is 311 g/mol. The molecule has 0 fully saturated rings. The van der Waals surface area contributed by atoms with E-state index in [9.17, 15) is 22.0 Å². The number of nitrogens with zero attached hydrogens (tertiary/aromatic N) is 4. The molecule has 1 aromatic heterocycles. The van der Waals surface area contributed by atoms with Crippen LogP contribution in [0, 0.1) is 0 Å². The Morgan fingerprint density at radius 1 is 1.09 bits per heavy atom. The summed E-state index contributed by atoms with van der Waals surface area (Å²) >= 11 is 0. The molecule has 22 heavy (non-hydrogen) atoms. The molecule has 5 nitrogen and oxygen atoms in total. The Bertz CT molecular complexity index is 653. The molecule has 0 radical (unpaired) electrons. The predicted octanol–water partition coefficient (Wildman–Crippen LogP) is 3.10. The Morgan fingerprint density at radius 3 is 2.32 bits per heavy atom. The quantitative estimate of drug-likeness (QED) is 0.812. The van der Waals surface area contributed by atoms with Gasteiger partial charge in [0.1, 0.15) is 11.4 Å². The molecule has 0 saturated heterocycles. The fourth-order valence-electron chi connectivity index (χ4n) is 1.66. The van der Waals surface area contributed by atoms with Crippen molar-refractivity contribution in [2.75, 3.05) is 0 Å². The highest BCUT2D eigenvalue weighted by Gasteiger charge is 2.62. The van der Waals surface area contributed by atoms with Gasteiger partial charge in [-0.25, -0.2) is 0 Å². The average molecular weight is 322 g/mol. The van der Waals surface area contributed by atoms with Crippen LogP contribution in [0.25, 0.3) is 5.69 Å². The summed E-state index contributed by atoms with van der Waals surface area (Å²) in [4.78, 5) is 0. The van der Waals surface area contributed by atoms with Gasteiger partial charge in [-0.05, 0) is 36.4 Å². The van der Waals surface area contributed by atoms with Crippen molar-refractivity contribution in [1.82, 2.24) is 20.2 Å². The van der Waals surface area contributed by atoms with Crippen molar-refractivity contribution >= 4 is 0 Å². The van der Waals surface area contributed by atoms with E-state index < -0.39 is 17.9 Å². The zero-order valence-corrected chi connectivity index (χ0v) is 11.5. The summed E-state index contributed by atoms with van der Waals surface area (Å²) in [6.45, 7) is 3.36. The van der Waals surface area contributed by atoms with Crippen LogP contribution in [0.1, 0.15) is 19.7 Å². The number of hydrogen-bond acceptors (Lipinski definition) is 4. The highest BCUT2D eigenvalue weighted by atomic mass is 19.4. The second-order valence-corrected chi connectivity index (χ2v) is 4.62. The summed E-state index contributed by atoms with van der Waals surface area (Å²) in [6.07, 6.45) is -6.13. The molecule has 0 N–H and O–H groups in total. The van der Waals surface area contributed by atoms with E-state index in [-0.39, 0.29) is 17.5 Å². The van der Waals surface area contributed by atoms with Gasteiger partial charge in [-0.2, -0.15) is 26.6 Å². The first-order chi connectivity index (χ1) is 10.1. The maximum Gasteiger partial charge on any atom is 0.461 e. The van der Waals surface area contributed by atoms with Gasteiger partial charge in [-0.15, -0.1) is 5.10 Å². The Kier molecular flexibility index (Phi) is 4.03. The normalized spacial score (nSPS) is 12.7. The number of alkyl halides is 5. The summed E-state index contributed by atoms with van der Waals surface area (Å²) in [6, 6.07) is 5.70. The van der Waals surface area contributed by atoms with Gasteiger partial charge in [0.2, 0.25) is 5.82 Å². The van der Waals surface area contributed by atoms with E-state index in [0.29, 0.717) is 4.68 Å². The van der Waals surface area contributed by atoms with E-state index in [1.807, 2.05) is 0 Å². The van der Waals surface area contributed by atoms with E-state index >= 15 is 0 Å². The SMILES string of the molecule is CC(C)Oc1ccccc1-n1nnnc1C(F)(F)C(F)(F)F. The smallest absolute Gasteiger partial charge is 0.461 e. The van der Waals surface area contributed by atoms with Crippen LogP contribution in [0.5, 0.6) is 5.75 Å². The van der Waals surface area contributed by atoms with Crippen LogP contribution in [-0.2, 0) is 5.92 Å². The fourth-order valence-corrected chi connectivity index (χ4v) is 1.66. The molecule has 0 aliphatic heterocycles. The number of benzene rings is 1. The van der Waals surface area contributed by atoms with Gasteiger partial charge >= 0.3 is 12.1 Å². The highest BCUT2D eigenvalue weighted by Crippen LogP contribution is 2.43. The topological polar surface area (TPSA) is 52.8 Å². The summed E-state index contributed by atoms with van der Waals surface area (Å²) < 4.78 is 70.3. The Labute approximate surface area is 121 Å². The number of para-hydroxylation sites is 2. The molecule has 0 spiro atoms. The monoisotopic (exact) mass is 322 g/mol. The van der Waals surface area contributed by atoms with Crippen molar-refractivity contribution in [2.24, 2.45) is 0 Å². The summed E-state index contributed by atoms with van der Waals surface area (Å²) in [5, 5.41) is 8.98. The van der Waals surface area contributed by atoms with Gasteiger partial charge in [-0.1, -0.05) is 12.1 Å². The molecule has 0 amide bonds. The van der Waals surface area contributed by atoms with E-state index in [1.54, 1.807) is 19.9 Å². The van der Waals surface area contributed by atoms with Gasteiger partial charge in [0.25, 0.3) is 0 Å². The third-order valence-electron chi connectivity index (χ3n) is 2.56. The van der Waals surface area contributed by atoms with E-state index in [4.69, 9.17) is 4.74 Å². The molecule has 0 unspecified atom stereocenters. The first kappa shape index (κ1) is 16.1. The number of hydrogen-bond donors (Lipinski definition) is 0. The first-order valence-electron chi connectivity index (χ1n) is 6.14. The average Bonchev–Trinajstić information content (AvgIpc) is 2.87. The number of rotatable bonds is 4. The standard InChI is InChI=1S/C12H11F5N4O/c1-7(2)22-9-6-4-3-5-8(9)21-10(18-19-20-21)11(13,14)12(15,16)17/h3-7H,1-2H3. The Balaban J connectivity index is 2.56. The molecule has 0 aliphatic carbocycles. The molecule has 0 saturated carbocycles. The Morgan fingerprint density at radius 2 is 1.73 bits per heavy atom. The van der Waals surface area contributed by atoms with Gasteiger partial charge in [-0.3, -0.25) is 0 Å². The van der Waals surface area contributed by atoms with Crippen LogP contribution in [0.4, 0.5) is 22.0 Å². The van der Waals surface area contributed by atoms with Crippen molar-refractivity contribution < 1.29 is 26.7 Å². The van der Waals surface area contributed by atoms with Crippen LogP contribution >= 0.6 is 0 Å². The minimum atomic E-state index is -5.81. The predicted molar refractivity (Wildman–Crippen MR) is 64.9 cm³/mol. The molecule has 120 valence electrons. The lowest BCUT2D eigenvalue weighted by molar-refractivity contribution is -0.293. The van der Waals surface area contributed by atoms with Crippen LogP contribution in [0.3, 0.4) is 0 Å². The van der Waals surface area contributed by atoms with E-state index in [2.05, 4.69) is 15.5 Å². The van der Waals surface area contributed by atoms with Crippen LogP contribution < -0.4 is 4.74 Å². The molecule has 2 rings (SSSR count). The minimum absolute atomic E-state index is 0.0871. The fraction of sp³-hybridized carbons (Fsp3) is 0.417. The summed E-state index contributed by atoms with van der Waals surface area (Å²) in [5.41, 5.74) is -0.111. The van der Waals surface area contributed by atoms with E-state index in [1.165, 1.54) is 18.2 Å². The van der Waals surface area contributed by atoms with Gasteiger partial charge in [0.05, 0.1) is 6.10 Å². The summed E-state index contributed by atoms with van der Waals surface area (Å²) in [7, 11) is 0. The maximum absolute atomic E-state index is 13.5. The van der Waals surface area contributed by atoms with Crippen molar-refractivity contribution in [2.45, 2.75) is 32.1 Å². The number of aromatic nitrogens is 4. The van der Waals surface area contributed by atoms with Gasteiger partial charge < -0.3 is 4.74 Å². The molecule has 1 heterocycles. The molecule has 0 atom stereocenters. The number of halogens is 5. The molecule has 0 aliphatic rings. The molecule has 1 aromatic carbocycles. The molecule has 10 heteroatoms. The number of ether oxygens (including phenoxy) is 1. The lowest BCUT2D eigenvalue weighted by Gasteiger charge is -2.19. The second kappa shape index (κ2) is 5.50. The van der Waals surface area contributed by atoms with Crippen molar-refractivity contribution in [3.05, 3.63) is 30.1 Å². The third kappa shape index (κ3) is 2.85. The first-order valence-corrected chi connectivity index (χ1v) is 6.14. The zero-order valence-electron chi connectivity index (χ0n) is 11.5. The van der Waals surface area contributed by atoms with Crippen molar-refractivity contribution in [1.29, 1.82) is 0 Å². The lowest BCUT2D eigenvalue weighted by atomic mass is 10.2. The Hall–Kier alpha value is -2.26. The molecule has 0 bridgehead atoms. The number of tetrazole rings is 1. The van der Waals surface area contributed by atoms with Gasteiger partial charge in [0.15, 0.2) is 0 Å². The second-order valence-electron chi connectivity index (χ2n) is 4.62. The van der Waals surface area contributed by atoms with E-state index in [0.717, 1.165) is 0 Å². The molecular formula is C12H11F5N4O. The van der Waals surface area contributed by atoms with Crippen LogP contribution in [-0.4, -0.2) is 32.5 Å². The molecule has 2 aromatic rings. The van der Waals surface area contributed by atoms with Crippen molar-refractivity contribution in [3.8, 4) is 11.4 Å². The van der Waals surface area contributed by atoms with Crippen LogP contribution in [0.15, 0.2) is 24.3 Å². The van der Waals surface area contributed by atoms with Gasteiger partial charge in [0, 0.05) is 0 Å². The minimum Gasteiger partial charge on any atom is -0.489 e. The lowest BCUT2D eigenvalue weighted by Crippen LogP contribution is -2.36. The van der Waals surface area contributed by atoms with Crippen LogP contribution in [0.2, 0.25) is 0 Å². The highest BCUT2D eigenvalue weighted by molar-refractivity contribution is 5.46. The zero-order chi connectivity index (χ0) is 16.5. The largest absolute Gasteiger partial charge is 0.489 e. The summed E-state index contributed by atoms with van der Waals surface area (Å²) in [5.74, 6) is -6.73.